The molecule has 1 aliphatic heterocycles. The summed E-state index contributed by atoms with van der Waals surface area (Å²) in [6.07, 6.45) is -0.585. The van der Waals surface area contributed by atoms with Gasteiger partial charge in [0.25, 0.3) is 0 Å². The quantitative estimate of drug-likeness (QED) is 0.821. The van der Waals surface area contributed by atoms with Gasteiger partial charge in [-0.25, -0.2) is 9.18 Å². The summed E-state index contributed by atoms with van der Waals surface area (Å²) >= 11 is 0. The van der Waals surface area contributed by atoms with E-state index in [2.05, 4.69) is 5.32 Å². The molecule has 1 heterocycles. The average Bonchev–Trinajstić information content (AvgIpc) is 2.41. The summed E-state index contributed by atoms with van der Waals surface area (Å²) in [5, 5.41) is 11.4. The minimum absolute atomic E-state index is 0.240. The summed E-state index contributed by atoms with van der Waals surface area (Å²) in [4.78, 5) is 13.4. The lowest BCUT2D eigenvalue weighted by Crippen LogP contribution is -2.46. The van der Waals surface area contributed by atoms with Gasteiger partial charge in [0.15, 0.2) is 6.10 Å². The fourth-order valence-electron chi connectivity index (χ4n) is 1.65. The van der Waals surface area contributed by atoms with E-state index in [9.17, 15) is 9.18 Å². The molecule has 6 heteroatoms. The second-order valence-electron chi connectivity index (χ2n) is 3.87. The molecule has 0 aliphatic carbocycles. The highest BCUT2D eigenvalue weighted by Crippen LogP contribution is 2.11. The van der Waals surface area contributed by atoms with Crippen molar-refractivity contribution in [2.75, 3.05) is 25.0 Å². The molecule has 0 spiro atoms. The van der Waals surface area contributed by atoms with E-state index in [0.717, 1.165) is 0 Å². The number of nitriles is 1. The number of benzene rings is 1. The van der Waals surface area contributed by atoms with Crippen LogP contribution >= 0.6 is 0 Å². The van der Waals surface area contributed by atoms with Crippen molar-refractivity contribution in [3.63, 3.8) is 0 Å². The van der Waals surface area contributed by atoms with Gasteiger partial charge in [-0.1, -0.05) is 0 Å². The van der Waals surface area contributed by atoms with Crippen molar-refractivity contribution in [2.24, 2.45) is 0 Å². The number of hydrogen-bond acceptors (Lipinski definition) is 3. The van der Waals surface area contributed by atoms with Crippen LogP contribution in [0.4, 0.5) is 14.9 Å². The number of carbonyl (C=O) groups is 1. The van der Waals surface area contributed by atoms with Crippen LogP contribution in [0.25, 0.3) is 0 Å². The number of carbonyl (C=O) groups excluding carboxylic acids is 1. The standard InChI is InChI=1S/C12H12FN3O2/c13-9-1-3-10(4-2-9)15-12(17)16-5-6-18-11(7-14)8-16/h1-4,11H,5-6,8H2,(H,15,17). The minimum atomic E-state index is -0.585. The number of rotatable bonds is 1. The number of anilines is 1. The van der Waals surface area contributed by atoms with E-state index in [4.69, 9.17) is 10.00 Å². The number of urea groups is 1. The predicted molar refractivity (Wildman–Crippen MR) is 62.3 cm³/mol. The summed E-state index contributed by atoms with van der Waals surface area (Å²) in [6, 6.07) is 7.16. The summed E-state index contributed by atoms with van der Waals surface area (Å²) < 4.78 is 17.8. The fraction of sp³-hybridized carbons (Fsp3) is 0.333. The molecule has 1 fully saturated rings. The van der Waals surface area contributed by atoms with E-state index < -0.39 is 6.10 Å². The highest BCUT2D eigenvalue weighted by Gasteiger charge is 2.23. The fourth-order valence-corrected chi connectivity index (χ4v) is 1.65. The third-order valence-electron chi connectivity index (χ3n) is 2.59. The molecule has 18 heavy (non-hydrogen) atoms. The Bertz CT molecular complexity index is 469. The predicted octanol–water partition coefficient (Wildman–Crippen LogP) is 1.58. The molecule has 1 atom stereocenters. The summed E-state index contributed by atoms with van der Waals surface area (Å²) in [6.45, 7) is 1.02. The van der Waals surface area contributed by atoms with Crippen molar-refractivity contribution >= 4 is 11.7 Å². The molecule has 1 aromatic carbocycles. The zero-order valence-corrected chi connectivity index (χ0v) is 9.60. The van der Waals surface area contributed by atoms with Gasteiger partial charge in [0, 0.05) is 12.2 Å². The Hall–Kier alpha value is -2.13. The Balaban J connectivity index is 1.95. The molecule has 1 aliphatic rings. The van der Waals surface area contributed by atoms with Crippen molar-refractivity contribution < 1.29 is 13.9 Å². The van der Waals surface area contributed by atoms with Crippen LogP contribution in [0.15, 0.2) is 24.3 Å². The lowest BCUT2D eigenvalue weighted by Gasteiger charge is -2.29. The number of nitrogens with zero attached hydrogens (tertiary/aromatic N) is 2. The lowest BCUT2D eigenvalue weighted by atomic mass is 10.3. The van der Waals surface area contributed by atoms with E-state index in [1.165, 1.54) is 29.2 Å². The highest BCUT2D eigenvalue weighted by atomic mass is 19.1. The Labute approximate surface area is 104 Å². The molecule has 1 N–H and O–H groups in total. The van der Waals surface area contributed by atoms with Gasteiger partial charge in [-0.2, -0.15) is 5.26 Å². The van der Waals surface area contributed by atoms with Crippen molar-refractivity contribution in [2.45, 2.75) is 6.10 Å². The zero-order chi connectivity index (χ0) is 13.0. The van der Waals surface area contributed by atoms with Crippen molar-refractivity contribution in [3.05, 3.63) is 30.1 Å². The molecule has 0 saturated carbocycles. The van der Waals surface area contributed by atoms with Crippen molar-refractivity contribution in [3.8, 4) is 6.07 Å². The molecule has 0 aromatic heterocycles. The van der Waals surface area contributed by atoms with Crippen molar-refractivity contribution in [1.29, 1.82) is 5.26 Å². The number of ether oxygens (including phenoxy) is 1. The Morgan fingerprint density at radius 1 is 1.50 bits per heavy atom. The number of amides is 2. The molecule has 5 nitrogen and oxygen atoms in total. The van der Waals surface area contributed by atoms with E-state index >= 15 is 0 Å². The number of nitrogens with one attached hydrogen (secondary N) is 1. The van der Waals surface area contributed by atoms with Gasteiger partial charge in [0.05, 0.1) is 19.2 Å². The van der Waals surface area contributed by atoms with Gasteiger partial charge in [-0.3, -0.25) is 0 Å². The highest BCUT2D eigenvalue weighted by molar-refractivity contribution is 5.89. The molecule has 1 unspecified atom stereocenters. The average molecular weight is 249 g/mol. The molecule has 94 valence electrons. The zero-order valence-electron chi connectivity index (χ0n) is 9.60. The topological polar surface area (TPSA) is 65.4 Å². The number of morpholine rings is 1. The first-order valence-electron chi connectivity index (χ1n) is 5.52. The Kier molecular flexibility index (Phi) is 3.75. The van der Waals surface area contributed by atoms with Crippen LogP contribution < -0.4 is 5.32 Å². The Morgan fingerprint density at radius 2 is 2.22 bits per heavy atom. The van der Waals surface area contributed by atoms with Crippen LogP contribution in [0, 0.1) is 17.1 Å². The van der Waals surface area contributed by atoms with Gasteiger partial charge < -0.3 is 15.0 Å². The smallest absolute Gasteiger partial charge is 0.322 e. The first-order valence-corrected chi connectivity index (χ1v) is 5.52. The van der Waals surface area contributed by atoms with Crippen LogP contribution in [0.5, 0.6) is 0 Å². The molecule has 0 radical (unpaired) electrons. The van der Waals surface area contributed by atoms with Gasteiger partial charge in [0.2, 0.25) is 0 Å². The largest absolute Gasteiger partial charge is 0.360 e. The first kappa shape index (κ1) is 12.3. The molecule has 2 rings (SSSR count). The van der Waals surface area contributed by atoms with E-state index in [1.54, 1.807) is 0 Å². The number of halogens is 1. The molecular formula is C12H12FN3O2. The Morgan fingerprint density at radius 3 is 2.89 bits per heavy atom. The van der Waals surface area contributed by atoms with Crippen LogP contribution in [0.1, 0.15) is 0 Å². The van der Waals surface area contributed by atoms with Crippen LogP contribution in [-0.2, 0) is 4.74 Å². The van der Waals surface area contributed by atoms with Crippen LogP contribution in [-0.4, -0.2) is 36.7 Å². The molecule has 1 aromatic rings. The SMILES string of the molecule is N#CC1CN(C(=O)Nc2ccc(F)cc2)CCO1. The maximum absolute atomic E-state index is 12.7. The van der Waals surface area contributed by atoms with Crippen LogP contribution in [0.2, 0.25) is 0 Å². The van der Waals surface area contributed by atoms with Crippen molar-refractivity contribution in [1.82, 2.24) is 4.90 Å². The van der Waals surface area contributed by atoms with Gasteiger partial charge in [0.1, 0.15) is 5.82 Å². The van der Waals surface area contributed by atoms with E-state index in [0.29, 0.717) is 18.8 Å². The normalized spacial score (nSPS) is 19.1. The van der Waals surface area contributed by atoms with Gasteiger partial charge in [-0.05, 0) is 24.3 Å². The number of hydrogen-bond donors (Lipinski definition) is 1. The summed E-state index contributed by atoms with van der Waals surface area (Å²) in [5.41, 5.74) is 0.515. The summed E-state index contributed by atoms with van der Waals surface area (Å²) in [7, 11) is 0. The van der Waals surface area contributed by atoms with Gasteiger partial charge >= 0.3 is 6.03 Å². The van der Waals surface area contributed by atoms with Gasteiger partial charge in [-0.15, -0.1) is 0 Å². The second kappa shape index (κ2) is 5.47. The van der Waals surface area contributed by atoms with E-state index in [-0.39, 0.29) is 18.4 Å². The first-order chi connectivity index (χ1) is 8.69. The third-order valence-corrected chi connectivity index (χ3v) is 2.59. The monoisotopic (exact) mass is 249 g/mol. The molecule has 2 amide bonds. The molecule has 1 saturated heterocycles. The molecule has 0 bridgehead atoms. The maximum Gasteiger partial charge on any atom is 0.322 e. The second-order valence-corrected chi connectivity index (χ2v) is 3.87. The van der Waals surface area contributed by atoms with E-state index in [1.807, 2.05) is 6.07 Å². The minimum Gasteiger partial charge on any atom is -0.360 e. The maximum atomic E-state index is 12.7. The summed E-state index contributed by atoms with van der Waals surface area (Å²) in [5.74, 6) is -0.357. The lowest BCUT2D eigenvalue weighted by molar-refractivity contribution is 0.0181. The third kappa shape index (κ3) is 2.96. The van der Waals surface area contributed by atoms with Crippen LogP contribution in [0.3, 0.4) is 0 Å². The molecular weight excluding hydrogens is 237 g/mol.